The Morgan fingerprint density at radius 1 is 1.03 bits per heavy atom. The summed E-state index contributed by atoms with van der Waals surface area (Å²) in [5.74, 6) is 2.64. The zero-order chi connectivity index (χ0) is 22.2. The lowest BCUT2D eigenvalue weighted by atomic mass is 10.1. The number of nitrogens with zero attached hydrogens (tertiary/aromatic N) is 7. The van der Waals surface area contributed by atoms with E-state index >= 15 is 0 Å². The van der Waals surface area contributed by atoms with E-state index in [2.05, 4.69) is 62.8 Å². The lowest BCUT2D eigenvalue weighted by Crippen LogP contribution is -2.52. The third-order valence-electron chi connectivity index (χ3n) is 5.68. The molecule has 0 saturated carbocycles. The minimum absolute atomic E-state index is 0.380. The SMILES string of the molecule is CC(C)c1cnnc(Nc2ccc3ncc(-c4cn(C)nc4NC4CN(C)C4)cc3n2)c1. The summed E-state index contributed by atoms with van der Waals surface area (Å²) >= 11 is 0. The second-order valence-corrected chi connectivity index (χ2v) is 8.74. The molecule has 0 aliphatic carbocycles. The molecule has 5 heterocycles. The molecule has 1 fully saturated rings. The number of anilines is 3. The number of nitrogens with one attached hydrogen (secondary N) is 2. The summed E-state index contributed by atoms with van der Waals surface area (Å²) in [6.07, 6.45) is 5.69. The number of aromatic nitrogens is 6. The first-order chi connectivity index (χ1) is 15.4. The molecule has 0 amide bonds. The summed E-state index contributed by atoms with van der Waals surface area (Å²) in [6.45, 7) is 6.30. The fourth-order valence-electron chi connectivity index (χ4n) is 3.90. The van der Waals surface area contributed by atoms with Crippen LogP contribution in [0.25, 0.3) is 22.2 Å². The van der Waals surface area contributed by atoms with E-state index in [1.165, 1.54) is 0 Å². The van der Waals surface area contributed by atoms with Crippen LogP contribution in [0.1, 0.15) is 25.3 Å². The largest absolute Gasteiger partial charge is 0.363 e. The molecule has 5 rings (SSSR count). The maximum Gasteiger partial charge on any atom is 0.156 e. The number of hydrogen-bond donors (Lipinski definition) is 2. The first-order valence-electron chi connectivity index (χ1n) is 10.8. The summed E-state index contributed by atoms with van der Waals surface area (Å²) in [7, 11) is 4.05. The van der Waals surface area contributed by atoms with Crippen LogP contribution in [-0.4, -0.2) is 61.0 Å². The third kappa shape index (κ3) is 4.11. The second-order valence-electron chi connectivity index (χ2n) is 8.74. The standard InChI is InChI=1S/C23H27N9/c1-14(2)15-8-22(29-25-10-15)28-21-6-5-19-20(27-21)7-16(9-24-19)18-13-32(4)30-23(18)26-17-11-31(3)12-17/h5-10,13-14,17H,11-12H2,1-4H3,(H,26,30)(H,27,28,29). The van der Waals surface area contributed by atoms with Crippen LogP contribution in [0.4, 0.5) is 17.5 Å². The fraction of sp³-hybridized carbons (Fsp3) is 0.348. The number of fused-ring (bicyclic) bond motifs is 1. The molecule has 0 bridgehead atoms. The maximum atomic E-state index is 4.77. The van der Waals surface area contributed by atoms with E-state index < -0.39 is 0 Å². The smallest absolute Gasteiger partial charge is 0.156 e. The van der Waals surface area contributed by atoms with Gasteiger partial charge in [-0.05, 0) is 42.8 Å². The predicted octanol–water partition coefficient (Wildman–Crippen LogP) is 3.41. The molecule has 9 heteroatoms. The molecule has 2 N–H and O–H groups in total. The van der Waals surface area contributed by atoms with Crippen LogP contribution < -0.4 is 10.6 Å². The molecule has 0 aromatic carbocycles. The Bertz CT molecular complexity index is 1260. The molecule has 4 aromatic rings. The van der Waals surface area contributed by atoms with E-state index in [0.29, 0.717) is 23.6 Å². The molecule has 1 saturated heterocycles. The molecule has 0 radical (unpaired) electrons. The van der Waals surface area contributed by atoms with Gasteiger partial charge >= 0.3 is 0 Å². The Hall–Kier alpha value is -3.59. The van der Waals surface area contributed by atoms with Crippen molar-refractivity contribution in [1.29, 1.82) is 0 Å². The Morgan fingerprint density at radius 3 is 2.66 bits per heavy atom. The topological polar surface area (TPSA) is 96.7 Å². The normalized spacial score (nSPS) is 14.7. The second kappa shape index (κ2) is 8.16. The van der Waals surface area contributed by atoms with Crippen molar-refractivity contribution in [2.45, 2.75) is 25.8 Å². The summed E-state index contributed by atoms with van der Waals surface area (Å²) in [4.78, 5) is 11.7. The summed E-state index contributed by atoms with van der Waals surface area (Å²) < 4.78 is 1.83. The highest BCUT2D eigenvalue weighted by atomic mass is 15.3. The van der Waals surface area contributed by atoms with Crippen molar-refractivity contribution in [3.8, 4) is 11.1 Å². The van der Waals surface area contributed by atoms with E-state index in [9.17, 15) is 0 Å². The van der Waals surface area contributed by atoms with Gasteiger partial charge in [0.05, 0.1) is 23.3 Å². The van der Waals surface area contributed by atoms with E-state index in [-0.39, 0.29) is 0 Å². The molecule has 1 aliphatic heterocycles. The van der Waals surface area contributed by atoms with Gasteiger partial charge in [-0.2, -0.15) is 10.2 Å². The molecule has 1 aliphatic rings. The van der Waals surface area contributed by atoms with E-state index in [1.54, 1.807) is 6.20 Å². The van der Waals surface area contributed by atoms with Crippen molar-refractivity contribution in [1.82, 2.24) is 34.8 Å². The van der Waals surface area contributed by atoms with Crippen molar-refractivity contribution in [2.24, 2.45) is 7.05 Å². The molecule has 32 heavy (non-hydrogen) atoms. The van der Waals surface area contributed by atoms with Crippen LogP contribution in [0, 0.1) is 0 Å². The zero-order valence-corrected chi connectivity index (χ0v) is 18.7. The highest BCUT2D eigenvalue weighted by molar-refractivity contribution is 5.84. The van der Waals surface area contributed by atoms with Crippen molar-refractivity contribution < 1.29 is 0 Å². The lowest BCUT2D eigenvalue weighted by molar-refractivity contribution is 0.205. The molecule has 0 spiro atoms. The third-order valence-corrected chi connectivity index (χ3v) is 5.68. The Balaban J connectivity index is 1.44. The van der Waals surface area contributed by atoms with Gasteiger partial charge in [0.1, 0.15) is 5.82 Å². The van der Waals surface area contributed by atoms with E-state index in [1.807, 2.05) is 42.3 Å². The van der Waals surface area contributed by atoms with E-state index in [0.717, 1.165) is 46.6 Å². The van der Waals surface area contributed by atoms with Crippen LogP contribution in [0.5, 0.6) is 0 Å². The van der Waals surface area contributed by atoms with Crippen LogP contribution in [0.15, 0.2) is 42.9 Å². The fourth-order valence-corrected chi connectivity index (χ4v) is 3.90. The van der Waals surface area contributed by atoms with Crippen LogP contribution >= 0.6 is 0 Å². The summed E-state index contributed by atoms with van der Waals surface area (Å²) in [5, 5.41) is 19.7. The Morgan fingerprint density at radius 2 is 1.88 bits per heavy atom. The molecule has 164 valence electrons. The van der Waals surface area contributed by atoms with Gasteiger partial charge in [0.2, 0.25) is 0 Å². The minimum Gasteiger partial charge on any atom is -0.363 e. The molecule has 4 aromatic heterocycles. The predicted molar refractivity (Wildman–Crippen MR) is 126 cm³/mol. The number of pyridine rings is 2. The van der Waals surface area contributed by atoms with Crippen LogP contribution in [0.3, 0.4) is 0 Å². The van der Waals surface area contributed by atoms with Crippen molar-refractivity contribution in [3.05, 3.63) is 48.4 Å². The van der Waals surface area contributed by atoms with Gasteiger partial charge in [-0.25, -0.2) is 4.98 Å². The monoisotopic (exact) mass is 429 g/mol. The summed E-state index contributed by atoms with van der Waals surface area (Å²) in [5.41, 5.74) is 4.76. The number of hydrogen-bond acceptors (Lipinski definition) is 8. The zero-order valence-electron chi connectivity index (χ0n) is 18.7. The van der Waals surface area contributed by atoms with Gasteiger partial charge in [-0.3, -0.25) is 9.67 Å². The van der Waals surface area contributed by atoms with Crippen LogP contribution in [0.2, 0.25) is 0 Å². The van der Waals surface area contributed by atoms with Gasteiger partial charge in [0.15, 0.2) is 11.6 Å². The highest BCUT2D eigenvalue weighted by Gasteiger charge is 2.25. The Kier molecular flexibility index (Phi) is 5.18. The van der Waals surface area contributed by atoms with Gasteiger partial charge in [-0.15, -0.1) is 5.10 Å². The average molecular weight is 430 g/mol. The molecule has 0 atom stereocenters. The number of likely N-dealkylation sites (tertiary alicyclic amines) is 1. The van der Waals surface area contributed by atoms with Gasteiger partial charge in [0.25, 0.3) is 0 Å². The van der Waals surface area contributed by atoms with Crippen LogP contribution in [-0.2, 0) is 7.05 Å². The average Bonchev–Trinajstić information content (AvgIpc) is 3.12. The number of aryl methyl sites for hydroxylation is 1. The quantitative estimate of drug-likeness (QED) is 0.481. The van der Waals surface area contributed by atoms with E-state index in [4.69, 9.17) is 4.98 Å². The molecular formula is C23H27N9. The van der Waals surface area contributed by atoms with Gasteiger partial charge in [-0.1, -0.05) is 13.8 Å². The van der Waals surface area contributed by atoms with Gasteiger partial charge < -0.3 is 15.5 Å². The first kappa shape index (κ1) is 20.3. The lowest BCUT2D eigenvalue weighted by Gasteiger charge is -2.36. The first-order valence-corrected chi connectivity index (χ1v) is 10.8. The van der Waals surface area contributed by atoms with Crippen molar-refractivity contribution in [2.75, 3.05) is 30.8 Å². The molecular weight excluding hydrogens is 402 g/mol. The highest BCUT2D eigenvalue weighted by Crippen LogP contribution is 2.30. The van der Waals surface area contributed by atoms with Gasteiger partial charge in [0, 0.05) is 43.7 Å². The molecule has 0 unspecified atom stereocenters. The Labute approximate surface area is 186 Å². The summed E-state index contributed by atoms with van der Waals surface area (Å²) in [6, 6.07) is 8.34. The van der Waals surface area contributed by atoms with Crippen molar-refractivity contribution >= 4 is 28.5 Å². The number of likely N-dealkylation sites (N-methyl/N-ethyl adjacent to an activating group) is 1. The number of rotatable bonds is 6. The minimum atomic E-state index is 0.380. The van der Waals surface area contributed by atoms with Crippen molar-refractivity contribution in [3.63, 3.8) is 0 Å². The maximum absolute atomic E-state index is 4.77. The molecule has 9 nitrogen and oxygen atoms in total.